The Morgan fingerprint density at radius 2 is 1.83 bits per heavy atom. The van der Waals surface area contributed by atoms with Crippen molar-refractivity contribution in [2.75, 3.05) is 0 Å². The summed E-state index contributed by atoms with van der Waals surface area (Å²) in [4.78, 5) is 0. The summed E-state index contributed by atoms with van der Waals surface area (Å²) >= 11 is 5.99. The largest absolute Gasteiger partial charge is 0.320 e. The Kier molecular flexibility index (Phi) is 3.64. The van der Waals surface area contributed by atoms with Gasteiger partial charge in [0, 0.05) is 10.6 Å². The van der Waals surface area contributed by atoms with Gasteiger partial charge in [0.15, 0.2) is 0 Å². The van der Waals surface area contributed by atoms with E-state index < -0.39 is 17.7 Å². The molecular formula is C14H12ClF2N. The van der Waals surface area contributed by atoms with Crippen molar-refractivity contribution in [3.05, 3.63) is 69.7 Å². The Hall–Kier alpha value is -1.45. The fourth-order valence-corrected chi connectivity index (χ4v) is 1.92. The Bertz CT molecular complexity index is 584. The van der Waals surface area contributed by atoms with Crippen LogP contribution in [0.5, 0.6) is 0 Å². The van der Waals surface area contributed by atoms with Crippen LogP contribution in [0.4, 0.5) is 8.78 Å². The van der Waals surface area contributed by atoms with Crippen molar-refractivity contribution in [1.29, 1.82) is 0 Å². The second-order valence-corrected chi connectivity index (χ2v) is 4.56. The smallest absolute Gasteiger partial charge is 0.128 e. The molecule has 2 N–H and O–H groups in total. The van der Waals surface area contributed by atoms with Gasteiger partial charge in [-0.25, -0.2) is 8.78 Å². The predicted molar refractivity (Wildman–Crippen MR) is 68.6 cm³/mol. The minimum Gasteiger partial charge on any atom is -0.320 e. The summed E-state index contributed by atoms with van der Waals surface area (Å²) in [5.74, 6) is -1.04. The molecule has 2 aromatic rings. The van der Waals surface area contributed by atoms with Gasteiger partial charge >= 0.3 is 0 Å². The van der Waals surface area contributed by atoms with Crippen molar-refractivity contribution in [3.8, 4) is 0 Å². The maximum absolute atomic E-state index is 13.6. The zero-order chi connectivity index (χ0) is 13.3. The lowest BCUT2D eigenvalue weighted by molar-refractivity contribution is 0.576. The van der Waals surface area contributed by atoms with Gasteiger partial charge in [-0.2, -0.15) is 0 Å². The molecule has 1 atom stereocenters. The molecule has 1 nitrogen and oxygen atoms in total. The third-order valence-corrected chi connectivity index (χ3v) is 3.26. The second kappa shape index (κ2) is 5.04. The first-order valence-corrected chi connectivity index (χ1v) is 5.83. The molecule has 94 valence electrons. The summed E-state index contributed by atoms with van der Waals surface area (Å²) in [7, 11) is 0. The van der Waals surface area contributed by atoms with Crippen LogP contribution in [0.2, 0.25) is 5.02 Å². The minimum absolute atomic E-state index is 0.120. The highest BCUT2D eigenvalue weighted by Crippen LogP contribution is 2.26. The summed E-state index contributed by atoms with van der Waals surface area (Å²) < 4.78 is 26.7. The van der Waals surface area contributed by atoms with Gasteiger partial charge in [0.05, 0.1) is 6.04 Å². The van der Waals surface area contributed by atoms with Gasteiger partial charge in [-0.1, -0.05) is 23.7 Å². The molecule has 4 heteroatoms. The molecule has 1 unspecified atom stereocenters. The summed E-state index contributed by atoms with van der Waals surface area (Å²) in [6, 6.07) is 7.73. The molecular weight excluding hydrogens is 256 g/mol. The summed E-state index contributed by atoms with van der Waals surface area (Å²) in [6.45, 7) is 1.86. The standard InChI is InChI=1S/C14H12ClF2N/c1-8-2-3-9(6-12(8)15)14(18)11-7-10(16)4-5-13(11)17/h2-7,14H,18H2,1H3. The minimum atomic E-state index is -0.737. The fraction of sp³-hybridized carbons (Fsp3) is 0.143. The fourth-order valence-electron chi connectivity index (χ4n) is 1.74. The molecule has 0 spiro atoms. The monoisotopic (exact) mass is 267 g/mol. The number of hydrogen-bond acceptors (Lipinski definition) is 1. The molecule has 0 saturated heterocycles. The highest BCUT2D eigenvalue weighted by molar-refractivity contribution is 6.31. The van der Waals surface area contributed by atoms with Crippen LogP contribution < -0.4 is 5.73 Å². The van der Waals surface area contributed by atoms with Crippen LogP contribution in [0.25, 0.3) is 0 Å². The van der Waals surface area contributed by atoms with Crippen LogP contribution in [0.3, 0.4) is 0 Å². The quantitative estimate of drug-likeness (QED) is 0.875. The zero-order valence-electron chi connectivity index (χ0n) is 9.75. The second-order valence-electron chi connectivity index (χ2n) is 4.15. The van der Waals surface area contributed by atoms with Crippen LogP contribution in [-0.2, 0) is 0 Å². The van der Waals surface area contributed by atoms with Crippen LogP contribution >= 0.6 is 11.6 Å². The van der Waals surface area contributed by atoms with E-state index >= 15 is 0 Å². The highest BCUT2D eigenvalue weighted by Gasteiger charge is 2.15. The molecule has 0 fully saturated rings. The molecule has 0 radical (unpaired) electrons. The molecule has 0 aliphatic carbocycles. The van der Waals surface area contributed by atoms with Crippen LogP contribution in [-0.4, -0.2) is 0 Å². The lowest BCUT2D eigenvalue weighted by Gasteiger charge is -2.14. The van der Waals surface area contributed by atoms with Crippen molar-refractivity contribution in [1.82, 2.24) is 0 Å². The summed E-state index contributed by atoms with van der Waals surface area (Å²) in [6.07, 6.45) is 0. The maximum Gasteiger partial charge on any atom is 0.128 e. The maximum atomic E-state index is 13.6. The summed E-state index contributed by atoms with van der Waals surface area (Å²) in [5, 5.41) is 0.555. The van der Waals surface area contributed by atoms with Gasteiger partial charge < -0.3 is 5.73 Å². The molecule has 0 aliphatic rings. The molecule has 18 heavy (non-hydrogen) atoms. The Labute approximate surface area is 109 Å². The molecule has 0 amide bonds. The van der Waals surface area contributed by atoms with Crippen molar-refractivity contribution < 1.29 is 8.78 Å². The van der Waals surface area contributed by atoms with E-state index in [-0.39, 0.29) is 5.56 Å². The number of benzene rings is 2. The van der Waals surface area contributed by atoms with Crippen molar-refractivity contribution >= 4 is 11.6 Å². The Morgan fingerprint density at radius 3 is 2.50 bits per heavy atom. The Balaban J connectivity index is 2.44. The molecule has 0 saturated carbocycles. The first-order valence-electron chi connectivity index (χ1n) is 5.45. The van der Waals surface area contributed by atoms with Crippen molar-refractivity contribution in [2.24, 2.45) is 5.73 Å². The van der Waals surface area contributed by atoms with Gasteiger partial charge in [-0.15, -0.1) is 0 Å². The average molecular weight is 268 g/mol. The highest BCUT2D eigenvalue weighted by atomic mass is 35.5. The lowest BCUT2D eigenvalue weighted by atomic mass is 9.98. The number of halogens is 3. The molecule has 0 aromatic heterocycles. The Morgan fingerprint density at radius 1 is 1.11 bits per heavy atom. The van der Waals surface area contributed by atoms with E-state index in [1.54, 1.807) is 18.2 Å². The summed E-state index contributed by atoms with van der Waals surface area (Å²) in [5.41, 5.74) is 7.62. The number of rotatable bonds is 2. The van der Waals surface area contributed by atoms with E-state index in [0.717, 1.165) is 23.8 Å². The van der Waals surface area contributed by atoms with E-state index in [2.05, 4.69) is 0 Å². The van der Waals surface area contributed by atoms with Gasteiger partial charge in [-0.05, 0) is 42.3 Å². The SMILES string of the molecule is Cc1ccc(C(N)c2cc(F)ccc2F)cc1Cl. The van der Waals surface area contributed by atoms with Gasteiger partial charge in [-0.3, -0.25) is 0 Å². The third kappa shape index (κ3) is 2.52. The van der Waals surface area contributed by atoms with Crippen LogP contribution in [0.1, 0.15) is 22.7 Å². The van der Waals surface area contributed by atoms with E-state index in [0.29, 0.717) is 10.6 Å². The third-order valence-electron chi connectivity index (χ3n) is 2.85. The van der Waals surface area contributed by atoms with E-state index in [4.69, 9.17) is 17.3 Å². The van der Waals surface area contributed by atoms with E-state index in [1.807, 2.05) is 6.92 Å². The molecule has 2 aromatic carbocycles. The van der Waals surface area contributed by atoms with Crippen LogP contribution in [0, 0.1) is 18.6 Å². The van der Waals surface area contributed by atoms with Crippen molar-refractivity contribution in [2.45, 2.75) is 13.0 Å². The van der Waals surface area contributed by atoms with Crippen LogP contribution in [0.15, 0.2) is 36.4 Å². The number of aryl methyl sites for hydroxylation is 1. The number of nitrogens with two attached hydrogens (primary N) is 1. The molecule has 0 heterocycles. The first kappa shape index (κ1) is 13.0. The molecule has 0 bridgehead atoms. The van der Waals surface area contributed by atoms with Gasteiger partial charge in [0.25, 0.3) is 0 Å². The number of hydrogen-bond donors (Lipinski definition) is 1. The average Bonchev–Trinajstić information content (AvgIpc) is 2.35. The first-order chi connectivity index (χ1) is 8.49. The van der Waals surface area contributed by atoms with Gasteiger partial charge in [0.2, 0.25) is 0 Å². The topological polar surface area (TPSA) is 26.0 Å². The molecule has 0 aliphatic heterocycles. The zero-order valence-corrected chi connectivity index (χ0v) is 10.5. The predicted octanol–water partition coefficient (Wildman–Crippen LogP) is 3.97. The van der Waals surface area contributed by atoms with Gasteiger partial charge in [0.1, 0.15) is 11.6 Å². The van der Waals surface area contributed by atoms with E-state index in [9.17, 15) is 8.78 Å². The lowest BCUT2D eigenvalue weighted by Crippen LogP contribution is -2.14. The molecule has 2 rings (SSSR count). The van der Waals surface area contributed by atoms with E-state index in [1.165, 1.54) is 0 Å². The normalized spacial score (nSPS) is 12.5. The van der Waals surface area contributed by atoms with Crippen molar-refractivity contribution in [3.63, 3.8) is 0 Å².